The molecular formula is C17H18N4O2. The lowest BCUT2D eigenvalue weighted by Crippen LogP contribution is -2.30. The van der Waals surface area contributed by atoms with Crippen molar-refractivity contribution in [1.82, 2.24) is 20.1 Å². The Labute approximate surface area is 134 Å². The van der Waals surface area contributed by atoms with Crippen LogP contribution >= 0.6 is 0 Å². The number of rotatable bonds is 5. The molecule has 0 aliphatic heterocycles. The van der Waals surface area contributed by atoms with E-state index in [0.717, 1.165) is 5.56 Å². The Morgan fingerprint density at radius 3 is 2.83 bits per heavy atom. The van der Waals surface area contributed by atoms with Crippen LogP contribution < -0.4 is 5.32 Å². The number of aromatic nitrogens is 3. The second kappa shape index (κ2) is 6.48. The second-order valence-electron chi connectivity index (χ2n) is 5.39. The van der Waals surface area contributed by atoms with Crippen LogP contribution in [-0.4, -0.2) is 20.7 Å². The third-order valence-electron chi connectivity index (χ3n) is 3.60. The highest BCUT2D eigenvalue weighted by Crippen LogP contribution is 2.19. The van der Waals surface area contributed by atoms with E-state index in [1.54, 1.807) is 36.3 Å². The number of hydrogen-bond donors (Lipinski definition) is 1. The molecule has 6 nitrogen and oxygen atoms in total. The van der Waals surface area contributed by atoms with Crippen molar-refractivity contribution >= 4 is 5.91 Å². The normalized spacial score (nSPS) is 12.1. The largest absolute Gasteiger partial charge is 0.444 e. The minimum absolute atomic E-state index is 0.117. The molecule has 3 aromatic rings. The quantitative estimate of drug-likeness (QED) is 0.786. The molecule has 1 N–H and O–H groups in total. The number of aryl methyl sites for hydroxylation is 1. The molecule has 2 heterocycles. The number of amides is 1. The van der Waals surface area contributed by atoms with Crippen molar-refractivity contribution in [1.29, 1.82) is 0 Å². The molecule has 1 amide bonds. The van der Waals surface area contributed by atoms with E-state index in [2.05, 4.69) is 15.4 Å². The van der Waals surface area contributed by atoms with E-state index in [1.165, 1.54) is 5.56 Å². The predicted octanol–water partition coefficient (Wildman–Crippen LogP) is 2.72. The minimum atomic E-state index is -0.367. The fourth-order valence-corrected chi connectivity index (χ4v) is 2.17. The molecule has 3 rings (SSSR count). The summed E-state index contributed by atoms with van der Waals surface area (Å²) in [5.74, 6) is 0.433. The highest BCUT2D eigenvalue weighted by atomic mass is 16.3. The number of benzene rings is 1. The first-order valence-electron chi connectivity index (χ1n) is 7.42. The molecule has 0 fully saturated rings. The fraction of sp³-hybridized carbons (Fsp3) is 0.235. The maximum atomic E-state index is 12.1. The predicted molar refractivity (Wildman–Crippen MR) is 85.5 cm³/mol. The Morgan fingerprint density at radius 1 is 1.35 bits per heavy atom. The van der Waals surface area contributed by atoms with Crippen LogP contribution in [0.3, 0.4) is 0 Å². The second-order valence-corrected chi connectivity index (χ2v) is 5.39. The van der Waals surface area contributed by atoms with Crippen LogP contribution in [0.5, 0.6) is 0 Å². The number of carbonyl (C=O) groups excluding carboxylic acids is 1. The molecular weight excluding hydrogens is 292 g/mol. The Bertz CT molecular complexity index is 775. The Balaban J connectivity index is 1.61. The summed E-state index contributed by atoms with van der Waals surface area (Å²) in [5, 5.41) is 6.90. The molecule has 1 aromatic carbocycles. The van der Waals surface area contributed by atoms with Gasteiger partial charge >= 0.3 is 0 Å². The Hall–Kier alpha value is -2.89. The molecule has 0 spiro atoms. The maximum absolute atomic E-state index is 12.1. The molecule has 0 bridgehead atoms. The van der Waals surface area contributed by atoms with Crippen LogP contribution in [-0.2, 0) is 11.3 Å². The molecule has 0 aliphatic carbocycles. The molecule has 0 radical (unpaired) electrons. The number of nitrogens with zero attached hydrogens (tertiary/aromatic N) is 3. The molecule has 0 saturated carbocycles. The van der Waals surface area contributed by atoms with E-state index in [9.17, 15) is 4.79 Å². The van der Waals surface area contributed by atoms with Crippen molar-refractivity contribution in [2.24, 2.45) is 0 Å². The molecule has 2 aromatic heterocycles. The smallest absolute Gasteiger partial charge is 0.244 e. The van der Waals surface area contributed by atoms with Gasteiger partial charge in [-0.3, -0.25) is 9.48 Å². The Morgan fingerprint density at radius 2 is 2.13 bits per heavy atom. The zero-order valence-electron chi connectivity index (χ0n) is 13.1. The van der Waals surface area contributed by atoms with Crippen LogP contribution in [0.2, 0.25) is 0 Å². The first-order chi connectivity index (χ1) is 11.1. The van der Waals surface area contributed by atoms with Crippen LogP contribution in [0.15, 0.2) is 53.4 Å². The van der Waals surface area contributed by atoms with Crippen molar-refractivity contribution in [2.75, 3.05) is 0 Å². The van der Waals surface area contributed by atoms with Crippen molar-refractivity contribution in [2.45, 2.75) is 26.4 Å². The van der Waals surface area contributed by atoms with Crippen LogP contribution in [0, 0.1) is 6.92 Å². The SMILES string of the molecule is Cc1ccc(-c2nc(CNC(=O)C(C)n3cccn3)co2)cc1. The van der Waals surface area contributed by atoms with Crippen LogP contribution in [0.25, 0.3) is 11.5 Å². The zero-order chi connectivity index (χ0) is 16.2. The van der Waals surface area contributed by atoms with Gasteiger partial charge in [0.25, 0.3) is 0 Å². The van der Waals surface area contributed by atoms with E-state index >= 15 is 0 Å². The highest BCUT2D eigenvalue weighted by molar-refractivity contribution is 5.79. The van der Waals surface area contributed by atoms with Gasteiger partial charge in [0.1, 0.15) is 12.3 Å². The summed E-state index contributed by atoms with van der Waals surface area (Å²) < 4.78 is 7.08. The summed E-state index contributed by atoms with van der Waals surface area (Å²) >= 11 is 0. The lowest BCUT2D eigenvalue weighted by molar-refractivity contribution is -0.124. The van der Waals surface area contributed by atoms with Gasteiger partial charge in [-0.2, -0.15) is 5.10 Å². The Kier molecular flexibility index (Phi) is 4.23. The summed E-state index contributed by atoms with van der Waals surface area (Å²) in [7, 11) is 0. The topological polar surface area (TPSA) is 73.0 Å². The van der Waals surface area contributed by atoms with E-state index in [-0.39, 0.29) is 11.9 Å². The van der Waals surface area contributed by atoms with Gasteiger partial charge < -0.3 is 9.73 Å². The number of carbonyl (C=O) groups is 1. The van der Waals surface area contributed by atoms with Gasteiger partial charge in [0, 0.05) is 18.0 Å². The lowest BCUT2D eigenvalue weighted by Gasteiger charge is -2.11. The minimum Gasteiger partial charge on any atom is -0.444 e. The third-order valence-corrected chi connectivity index (χ3v) is 3.60. The van der Waals surface area contributed by atoms with Crippen molar-refractivity contribution in [3.63, 3.8) is 0 Å². The summed E-state index contributed by atoms with van der Waals surface area (Å²) in [6.45, 7) is 4.14. The monoisotopic (exact) mass is 310 g/mol. The first-order valence-corrected chi connectivity index (χ1v) is 7.42. The van der Waals surface area contributed by atoms with Gasteiger partial charge in [-0.1, -0.05) is 17.7 Å². The standard InChI is InChI=1S/C17H18N4O2/c1-12-4-6-14(7-5-12)17-20-15(11-23-17)10-18-16(22)13(2)21-9-3-8-19-21/h3-9,11,13H,10H2,1-2H3,(H,18,22). The van der Waals surface area contributed by atoms with Gasteiger partial charge in [0.2, 0.25) is 11.8 Å². The third kappa shape index (κ3) is 3.48. The average Bonchev–Trinajstić information content (AvgIpc) is 3.24. The average molecular weight is 310 g/mol. The van der Waals surface area contributed by atoms with E-state index < -0.39 is 0 Å². The van der Waals surface area contributed by atoms with Crippen molar-refractivity contribution in [3.05, 3.63) is 60.2 Å². The molecule has 0 aliphatic rings. The van der Waals surface area contributed by atoms with Gasteiger partial charge in [-0.15, -0.1) is 0 Å². The lowest BCUT2D eigenvalue weighted by atomic mass is 10.1. The van der Waals surface area contributed by atoms with Gasteiger partial charge in [0.15, 0.2) is 0 Å². The maximum Gasteiger partial charge on any atom is 0.244 e. The number of nitrogens with one attached hydrogen (secondary N) is 1. The van der Waals surface area contributed by atoms with E-state index in [1.807, 2.05) is 31.2 Å². The van der Waals surface area contributed by atoms with Gasteiger partial charge in [-0.05, 0) is 32.0 Å². The summed E-state index contributed by atoms with van der Waals surface area (Å²) in [4.78, 5) is 16.5. The molecule has 0 saturated heterocycles. The summed E-state index contributed by atoms with van der Waals surface area (Å²) in [5.41, 5.74) is 2.78. The van der Waals surface area contributed by atoms with Crippen LogP contribution in [0.1, 0.15) is 24.2 Å². The first kappa shape index (κ1) is 15.0. The summed E-state index contributed by atoms with van der Waals surface area (Å²) in [6, 6.07) is 9.36. The van der Waals surface area contributed by atoms with E-state index in [0.29, 0.717) is 18.1 Å². The summed E-state index contributed by atoms with van der Waals surface area (Å²) in [6.07, 6.45) is 4.97. The number of oxazole rings is 1. The molecule has 23 heavy (non-hydrogen) atoms. The van der Waals surface area contributed by atoms with Gasteiger partial charge in [-0.25, -0.2) is 4.98 Å². The van der Waals surface area contributed by atoms with Gasteiger partial charge in [0.05, 0.1) is 12.2 Å². The van der Waals surface area contributed by atoms with E-state index in [4.69, 9.17) is 4.42 Å². The molecule has 1 unspecified atom stereocenters. The fourth-order valence-electron chi connectivity index (χ4n) is 2.17. The molecule has 118 valence electrons. The van der Waals surface area contributed by atoms with Crippen molar-refractivity contribution in [3.8, 4) is 11.5 Å². The van der Waals surface area contributed by atoms with Crippen LogP contribution in [0.4, 0.5) is 0 Å². The number of hydrogen-bond acceptors (Lipinski definition) is 4. The zero-order valence-corrected chi connectivity index (χ0v) is 13.1. The molecule has 6 heteroatoms. The van der Waals surface area contributed by atoms with Crippen molar-refractivity contribution < 1.29 is 9.21 Å². The molecule has 1 atom stereocenters. The highest BCUT2D eigenvalue weighted by Gasteiger charge is 2.15.